The Balaban J connectivity index is 1.91. The smallest absolute Gasteiger partial charge is 0.0249 e. The molecule has 3 atom stereocenters. The van der Waals surface area contributed by atoms with Crippen LogP contribution in [0.3, 0.4) is 0 Å². The summed E-state index contributed by atoms with van der Waals surface area (Å²) in [5, 5.41) is 3.47. The van der Waals surface area contributed by atoms with Crippen LogP contribution in [0, 0.1) is 5.92 Å². The summed E-state index contributed by atoms with van der Waals surface area (Å²) in [5.41, 5.74) is 0. The minimum absolute atomic E-state index is 0.737. The van der Waals surface area contributed by atoms with Gasteiger partial charge in [-0.3, -0.25) is 4.90 Å². The summed E-state index contributed by atoms with van der Waals surface area (Å²) in [6.07, 6.45) is 7.07. The topological polar surface area (TPSA) is 15.3 Å². The first-order chi connectivity index (χ1) is 6.74. The van der Waals surface area contributed by atoms with Crippen molar-refractivity contribution in [1.29, 1.82) is 0 Å². The van der Waals surface area contributed by atoms with E-state index in [1.54, 1.807) is 0 Å². The number of rotatable bonds is 4. The average Bonchev–Trinajstić information content (AvgIpc) is 2.94. The fourth-order valence-corrected chi connectivity index (χ4v) is 2.98. The maximum atomic E-state index is 3.47. The summed E-state index contributed by atoms with van der Waals surface area (Å²) < 4.78 is 0. The molecule has 0 aromatic heterocycles. The highest BCUT2D eigenvalue weighted by Crippen LogP contribution is 2.37. The molecule has 2 aliphatic carbocycles. The van der Waals surface area contributed by atoms with Gasteiger partial charge in [-0.05, 0) is 52.6 Å². The Morgan fingerprint density at radius 1 is 1.21 bits per heavy atom. The van der Waals surface area contributed by atoms with Gasteiger partial charge in [0.2, 0.25) is 0 Å². The molecule has 2 fully saturated rings. The second-order valence-electron chi connectivity index (χ2n) is 5.14. The monoisotopic (exact) mass is 196 g/mol. The van der Waals surface area contributed by atoms with Gasteiger partial charge in [0.15, 0.2) is 0 Å². The van der Waals surface area contributed by atoms with E-state index < -0.39 is 0 Å². The predicted molar refractivity (Wildman–Crippen MR) is 60.4 cm³/mol. The Morgan fingerprint density at radius 2 is 1.93 bits per heavy atom. The van der Waals surface area contributed by atoms with E-state index >= 15 is 0 Å². The van der Waals surface area contributed by atoms with E-state index in [1.165, 1.54) is 32.1 Å². The number of nitrogens with zero attached hydrogens (tertiary/aromatic N) is 1. The molecule has 3 unspecified atom stereocenters. The van der Waals surface area contributed by atoms with Gasteiger partial charge in [0.1, 0.15) is 0 Å². The van der Waals surface area contributed by atoms with Crippen molar-refractivity contribution in [2.75, 3.05) is 14.1 Å². The van der Waals surface area contributed by atoms with Crippen LogP contribution in [0.4, 0.5) is 0 Å². The SMILES string of the molecule is CNC1CCCC1N(C)C(C)C1CC1. The normalized spacial score (nSPS) is 35.1. The molecule has 0 aromatic carbocycles. The lowest BCUT2D eigenvalue weighted by Gasteiger charge is -2.34. The molecule has 0 saturated heterocycles. The van der Waals surface area contributed by atoms with Gasteiger partial charge in [0.25, 0.3) is 0 Å². The second kappa shape index (κ2) is 4.19. The van der Waals surface area contributed by atoms with Crippen LogP contribution in [-0.2, 0) is 0 Å². The Bertz CT molecular complexity index is 189. The summed E-state index contributed by atoms with van der Waals surface area (Å²) in [6, 6.07) is 2.32. The first-order valence-corrected chi connectivity index (χ1v) is 6.13. The molecule has 14 heavy (non-hydrogen) atoms. The Morgan fingerprint density at radius 3 is 2.50 bits per heavy atom. The molecule has 2 rings (SSSR count). The highest BCUT2D eigenvalue weighted by molar-refractivity contribution is 4.93. The molecular weight excluding hydrogens is 172 g/mol. The molecule has 0 radical (unpaired) electrons. The van der Waals surface area contributed by atoms with Gasteiger partial charge in [-0.2, -0.15) is 0 Å². The fraction of sp³-hybridized carbons (Fsp3) is 1.00. The molecule has 0 aliphatic heterocycles. The second-order valence-corrected chi connectivity index (χ2v) is 5.14. The molecule has 0 heterocycles. The van der Waals surface area contributed by atoms with Gasteiger partial charge in [-0.25, -0.2) is 0 Å². The summed E-state index contributed by atoms with van der Waals surface area (Å²) in [7, 11) is 4.43. The molecule has 82 valence electrons. The maximum Gasteiger partial charge on any atom is 0.0249 e. The molecular formula is C12H24N2. The van der Waals surface area contributed by atoms with E-state index in [0.717, 1.165) is 24.0 Å². The highest BCUT2D eigenvalue weighted by Gasteiger charge is 2.37. The average molecular weight is 196 g/mol. The van der Waals surface area contributed by atoms with E-state index in [1.807, 2.05) is 0 Å². The first kappa shape index (κ1) is 10.4. The van der Waals surface area contributed by atoms with E-state index in [9.17, 15) is 0 Å². The zero-order valence-corrected chi connectivity index (χ0v) is 9.79. The van der Waals surface area contributed by atoms with Crippen molar-refractivity contribution >= 4 is 0 Å². The summed E-state index contributed by atoms with van der Waals surface area (Å²) in [5.74, 6) is 0.998. The fourth-order valence-electron chi connectivity index (χ4n) is 2.98. The quantitative estimate of drug-likeness (QED) is 0.738. The molecule has 0 bridgehead atoms. The Kier molecular flexibility index (Phi) is 3.13. The van der Waals surface area contributed by atoms with Crippen LogP contribution in [-0.4, -0.2) is 37.1 Å². The minimum Gasteiger partial charge on any atom is -0.315 e. The van der Waals surface area contributed by atoms with E-state index in [-0.39, 0.29) is 0 Å². The van der Waals surface area contributed by atoms with Crippen molar-refractivity contribution in [2.24, 2.45) is 5.92 Å². The van der Waals surface area contributed by atoms with Crippen LogP contribution in [0.15, 0.2) is 0 Å². The van der Waals surface area contributed by atoms with Crippen LogP contribution >= 0.6 is 0 Å². The minimum atomic E-state index is 0.737. The zero-order valence-electron chi connectivity index (χ0n) is 9.79. The molecule has 1 N–H and O–H groups in total. The summed E-state index contributed by atoms with van der Waals surface area (Å²) >= 11 is 0. The van der Waals surface area contributed by atoms with Gasteiger partial charge >= 0.3 is 0 Å². The molecule has 2 nitrogen and oxygen atoms in total. The lowest BCUT2D eigenvalue weighted by Crippen LogP contribution is -2.48. The van der Waals surface area contributed by atoms with Crippen molar-refractivity contribution in [3.05, 3.63) is 0 Å². The molecule has 0 spiro atoms. The van der Waals surface area contributed by atoms with Crippen molar-refractivity contribution in [3.63, 3.8) is 0 Å². The predicted octanol–water partition coefficient (Wildman–Crippen LogP) is 1.86. The van der Waals surface area contributed by atoms with Crippen LogP contribution in [0.5, 0.6) is 0 Å². The zero-order chi connectivity index (χ0) is 10.1. The lowest BCUT2D eigenvalue weighted by atomic mass is 10.1. The third-order valence-electron chi connectivity index (χ3n) is 4.32. The first-order valence-electron chi connectivity index (χ1n) is 6.13. The van der Waals surface area contributed by atoms with Crippen LogP contribution in [0.2, 0.25) is 0 Å². The molecule has 2 heteroatoms. The van der Waals surface area contributed by atoms with Crippen molar-refractivity contribution in [3.8, 4) is 0 Å². The van der Waals surface area contributed by atoms with Gasteiger partial charge in [-0.1, -0.05) is 6.42 Å². The molecule has 0 amide bonds. The molecule has 2 aliphatic rings. The number of nitrogens with one attached hydrogen (secondary N) is 1. The van der Waals surface area contributed by atoms with Crippen molar-refractivity contribution in [2.45, 2.75) is 57.2 Å². The van der Waals surface area contributed by atoms with Gasteiger partial charge in [0, 0.05) is 18.1 Å². The number of hydrogen-bond acceptors (Lipinski definition) is 2. The third kappa shape index (κ3) is 1.96. The van der Waals surface area contributed by atoms with E-state index in [4.69, 9.17) is 0 Å². The van der Waals surface area contributed by atoms with Gasteiger partial charge in [-0.15, -0.1) is 0 Å². The van der Waals surface area contributed by atoms with Crippen molar-refractivity contribution in [1.82, 2.24) is 10.2 Å². The maximum absolute atomic E-state index is 3.47. The Labute approximate surface area is 88.1 Å². The van der Waals surface area contributed by atoms with Crippen LogP contribution < -0.4 is 5.32 Å². The standard InChI is InChI=1S/C12H24N2/c1-9(10-7-8-10)14(3)12-6-4-5-11(12)13-2/h9-13H,4-8H2,1-3H3. The van der Waals surface area contributed by atoms with E-state index in [2.05, 4.69) is 31.2 Å². The largest absolute Gasteiger partial charge is 0.315 e. The summed E-state index contributed by atoms with van der Waals surface area (Å²) in [6.45, 7) is 2.41. The van der Waals surface area contributed by atoms with E-state index in [0.29, 0.717) is 0 Å². The molecule has 0 aromatic rings. The lowest BCUT2D eigenvalue weighted by molar-refractivity contribution is 0.149. The third-order valence-corrected chi connectivity index (χ3v) is 4.32. The van der Waals surface area contributed by atoms with Gasteiger partial charge < -0.3 is 5.32 Å². The highest BCUT2D eigenvalue weighted by atomic mass is 15.2. The number of hydrogen-bond donors (Lipinski definition) is 1. The van der Waals surface area contributed by atoms with Crippen molar-refractivity contribution < 1.29 is 0 Å². The number of likely N-dealkylation sites (N-methyl/N-ethyl adjacent to an activating group) is 2. The molecule has 2 saturated carbocycles. The Hall–Kier alpha value is -0.0800. The van der Waals surface area contributed by atoms with Crippen LogP contribution in [0.25, 0.3) is 0 Å². The van der Waals surface area contributed by atoms with Crippen LogP contribution in [0.1, 0.15) is 39.0 Å². The van der Waals surface area contributed by atoms with Gasteiger partial charge in [0.05, 0.1) is 0 Å². The summed E-state index contributed by atoms with van der Waals surface area (Å²) in [4.78, 5) is 2.63.